The van der Waals surface area contributed by atoms with Crippen LogP contribution in [0.1, 0.15) is 49.8 Å². The molecule has 2 aromatic rings. The number of carbonyl (C=O) groups is 2. The van der Waals surface area contributed by atoms with Gasteiger partial charge in [-0.25, -0.2) is 4.79 Å². The number of piperidine rings is 1. The summed E-state index contributed by atoms with van der Waals surface area (Å²) in [4.78, 5) is 25.8. The lowest BCUT2D eigenvalue weighted by Gasteiger charge is -2.40. The maximum Gasteiger partial charge on any atom is 0.343 e. The average molecular weight is 457 g/mol. The minimum atomic E-state index is -1.61. The number of benzene rings is 1. The van der Waals surface area contributed by atoms with Crippen LogP contribution in [0.25, 0.3) is 0 Å². The van der Waals surface area contributed by atoms with Gasteiger partial charge in [-0.15, -0.1) is 0 Å². The van der Waals surface area contributed by atoms with Gasteiger partial charge in [-0.05, 0) is 25.3 Å². The second kappa shape index (κ2) is 9.65. The molecule has 8 nitrogen and oxygen atoms in total. The van der Waals surface area contributed by atoms with Crippen LogP contribution < -0.4 is 5.32 Å². The van der Waals surface area contributed by atoms with Gasteiger partial charge in [0.05, 0.1) is 20.1 Å². The van der Waals surface area contributed by atoms with Crippen molar-refractivity contribution in [3.8, 4) is 0 Å². The number of ether oxygens (including phenoxy) is 1. The zero-order valence-corrected chi connectivity index (χ0v) is 19.5. The Bertz CT molecular complexity index is 961. The topological polar surface area (TPSA) is 102 Å². The lowest BCUT2D eigenvalue weighted by Crippen LogP contribution is -2.55. The van der Waals surface area contributed by atoms with Crippen molar-refractivity contribution >= 4 is 17.7 Å². The first-order valence-electron chi connectivity index (χ1n) is 11.8. The molecular formula is C25H34N3O5+. The minimum Gasteiger partial charge on any atom is -0.460 e. The van der Waals surface area contributed by atoms with Crippen molar-refractivity contribution in [3.05, 3.63) is 47.7 Å². The van der Waals surface area contributed by atoms with Crippen molar-refractivity contribution in [1.29, 1.82) is 0 Å². The molecule has 1 saturated carbocycles. The van der Waals surface area contributed by atoms with E-state index >= 15 is 0 Å². The van der Waals surface area contributed by atoms with Gasteiger partial charge in [0.15, 0.2) is 18.0 Å². The average Bonchev–Trinajstić information content (AvgIpc) is 3.47. The first-order valence-corrected chi connectivity index (χ1v) is 11.8. The lowest BCUT2D eigenvalue weighted by atomic mass is 9.80. The van der Waals surface area contributed by atoms with Gasteiger partial charge in [0, 0.05) is 24.8 Å². The Morgan fingerprint density at radius 1 is 1.18 bits per heavy atom. The fourth-order valence-electron chi connectivity index (χ4n) is 5.20. The summed E-state index contributed by atoms with van der Waals surface area (Å²) in [6.45, 7) is 3.49. The maximum atomic E-state index is 13.3. The van der Waals surface area contributed by atoms with Crippen molar-refractivity contribution in [3.63, 3.8) is 0 Å². The van der Waals surface area contributed by atoms with Gasteiger partial charge < -0.3 is 24.2 Å². The number of aryl methyl sites for hydroxylation is 1. The molecule has 0 bridgehead atoms. The number of carbonyl (C=O) groups excluding carboxylic acids is 2. The summed E-state index contributed by atoms with van der Waals surface area (Å²) in [6.07, 6.45) is 4.70. The molecule has 1 saturated heterocycles. The van der Waals surface area contributed by atoms with Crippen LogP contribution in [-0.2, 0) is 19.9 Å². The Kier molecular flexibility index (Phi) is 6.86. The molecule has 1 atom stereocenters. The number of rotatable bonds is 7. The molecule has 0 spiro atoms. The largest absolute Gasteiger partial charge is 0.460 e. The first-order chi connectivity index (χ1) is 15.8. The van der Waals surface area contributed by atoms with Crippen molar-refractivity contribution in [2.75, 3.05) is 32.0 Å². The van der Waals surface area contributed by atoms with Gasteiger partial charge in [-0.3, -0.25) is 4.79 Å². The van der Waals surface area contributed by atoms with E-state index in [1.165, 1.54) is 0 Å². The van der Waals surface area contributed by atoms with Crippen molar-refractivity contribution in [1.82, 2.24) is 5.16 Å². The van der Waals surface area contributed by atoms with Gasteiger partial charge in [0.2, 0.25) is 0 Å². The van der Waals surface area contributed by atoms with Crippen LogP contribution in [0.5, 0.6) is 0 Å². The molecule has 2 N–H and O–H groups in total. The Labute approximate surface area is 194 Å². The van der Waals surface area contributed by atoms with Crippen LogP contribution in [0.4, 0.5) is 5.82 Å². The van der Waals surface area contributed by atoms with E-state index < -0.39 is 11.6 Å². The quantitative estimate of drug-likeness (QED) is 0.490. The molecule has 1 unspecified atom stereocenters. The minimum absolute atomic E-state index is 0.124. The van der Waals surface area contributed by atoms with Gasteiger partial charge >= 0.3 is 5.97 Å². The zero-order valence-electron chi connectivity index (χ0n) is 19.5. The zero-order chi connectivity index (χ0) is 23.5. The Morgan fingerprint density at radius 2 is 1.85 bits per heavy atom. The normalized spacial score (nSPS) is 25.4. The summed E-state index contributed by atoms with van der Waals surface area (Å²) in [6, 6.07) is 10.9. The molecule has 1 aliphatic heterocycles. The van der Waals surface area contributed by atoms with Crippen molar-refractivity contribution in [2.45, 2.75) is 57.2 Å². The number of hydrogen-bond donors (Lipinski definition) is 2. The third-order valence-electron chi connectivity index (χ3n) is 7.15. The number of nitrogens with one attached hydrogen (secondary N) is 1. The third kappa shape index (κ3) is 5.28. The molecule has 2 fully saturated rings. The highest BCUT2D eigenvalue weighted by Gasteiger charge is 2.49. The van der Waals surface area contributed by atoms with Gasteiger partial charge in [0.25, 0.3) is 5.91 Å². The number of aromatic nitrogens is 1. The number of hydrogen-bond acceptors (Lipinski definition) is 6. The number of likely N-dealkylation sites (tertiary alicyclic amines) is 1. The van der Waals surface area contributed by atoms with Crippen LogP contribution in [0.15, 0.2) is 40.9 Å². The van der Waals surface area contributed by atoms with E-state index in [1.54, 1.807) is 13.0 Å². The molecule has 4 rings (SSSR count). The molecule has 1 aliphatic carbocycles. The summed E-state index contributed by atoms with van der Waals surface area (Å²) in [7, 11) is 2.03. The smallest absolute Gasteiger partial charge is 0.343 e. The van der Waals surface area contributed by atoms with Gasteiger partial charge in [-0.1, -0.05) is 48.3 Å². The van der Waals surface area contributed by atoms with E-state index in [4.69, 9.17) is 9.26 Å². The number of likely N-dealkylation sites (N-methyl/N-ethyl adjacent to an activating group) is 1. The summed E-state index contributed by atoms with van der Waals surface area (Å²) in [5.41, 5.74) is -0.999. The number of quaternary nitrogens is 1. The number of anilines is 1. The Hall–Kier alpha value is -2.71. The molecule has 8 heteroatoms. The molecule has 33 heavy (non-hydrogen) atoms. The predicted molar refractivity (Wildman–Crippen MR) is 122 cm³/mol. The summed E-state index contributed by atoms with van der Waals surface area (Å²) < 4.78 is 11.4. The lowest BCUT2D eigenvalue weighted by molar-refractivity contribution is -0.907. The van der Waals surface area contributed by atoms with E-state index in [9.17, 15) is 14.7 Å². The first kappa shape index (κ1) is 23.4. The van der Waals surface area contributed by atoms with E-state index in [0.717, 1.165) is 25.7 Å². The summed E-state index contributed by atoms with van der Waals surface area (Å²) in [5, 5.41) is 18.2. The van der Waals surface area contributed by atoms with Crippen LogP contribution >= 0.6 is 0 Å². The highest BCUT2D eigenvalue weighted by molar-refractivity contribution is 5.90. The van der Waals surface area contributed by atoms with Gasteiger partial charge in [0.1, 0.15) is 11.9 Å². The standard InChI is InChI=1S/C25H33N3O5/c1-18-16-22(27-33-18)26-23(29)17-28(2)14-12-21(13-15-28)32-24(30)25(31,20-10-6-7-11-20)19-8-4-3-5-9-19/h3-5,8-9,16,20-21,31H,6-7,10-15,17H2,1-2H3/p+1. The molecule has 2 aliphatic rings. The third-order valence-corrected chi connectivity index (χ3v) is 7.15. The van der Waals surface area contributed by atoms with Crippen LogP contribution in [0, 0.1) is 12.8 Å². The molecule has 2 heterocycles. The highest BCUT2D eigenvalue weighted by atomic mass is 16.6. The second-order valence-electron chi connectivity index (χ2n) is 9.81. The molecule has 1 aromatic carbocycles. The molecule has 178 valence electrons. The van der Waals surface area contributed by atoms with Gasteiger partial charge in [-0.2, -0.15) is 0 Å². The van der Waals surface area contributed by atoms with E-state index in [-0.39, 0.29) is 17.9 Å². The van der Waals surface area contributed by atoms with Crippen molar-refractivity contribution < 1.29 is 28.4 Å². The highest BCUT2D eigenvalue weighted by Crippen LogP contribution is 2.42. The van der Waals surface area contributed by atoms with Crippen LogP contribution in [0.3, 0.4) is 0 Å². The molecule has 1 amide bonds. The number of nitrogens with zero attached hydrogens (tertiary/aromatic N) is 2. The van der Waals surface area contributed by atoms with Crippen LogP contribution in [0.2, 0.25) is 0 Å². The maximum absolute atomic E-state index is 13.3. The van der Waals surface area contributed by atoms with E-state index in [0.29, 0.717) is 54.1 Å². The monoisotopic (exact) mass is 456 g/mol. The second-order valence-corrected chi connectivity index (χ2v) is 9.81. The number of amides is 1. The summed E-state index contributed by atoms with van der Waals surface area (Å²) >= 11 is 0. The number of esters is 1. The molecule has 0 radical (unpaired) electrons. The Morgan fingerprint density at radius 3 is 2.45 bits per heavy atom. The Balaban J connectivity index is 1.35. The fraction of sp³-hybridized carbons (Fsp3) is 0.560. The molecular weight excluding hydrogens is 422 g/mol. The van der Waals surface area contributed by atoms with Crippen LogP contribution in [-0.4, -0.2) is 59.4 Å². The fourth-order valence-corrected chi connectivity index (χ4v) is 5.20. The van der Waals surface area contributed by atoms with E-state index in [2.05, 4.69) is 10.5 Å². The summed E-state index contributed by atoms with van der Waals surface area (Å²) in [5.74, 6) is 0.268. The van der Waals surface area contributed by atoms with E-state index in [1.807, 2.05) is 37.4 Å². The molecule has 1 aromatic heterocycles. The SMILES string of the molecule is Cc1cc(NC(=O)C[N+]2(C)CCC(OC(=O)C(O)(c3ccccc3)C3CCCC3)CC2)no1. The number of aliphatic hydroxyl groups is 1. The predicted octanol–water partition coefficient (Wildman–Crippen LogP) is 3.15. The van der Waals surface area contributed by atoms with Crippen molar-refractivity contribution in [2.24, 2.45) is 5.92 Å².